The highest BCUT2D eigenvalue weighted by molar-refractivity contribution is 5.72. The van der Waals surface area contributed by atoms with E-state index < -0.39 is 74.3 Å². The molecule has 0 bridgehead atoms. The molecule has 13 heteroatoms. The Morgan fingerprint density at radius 3 is 1.80 bits per heavy atom. The molecule has 5 unspecified atom stereocenters. The predicted octanol–water partition coefficient (Wildman–Crippen LogP) is -6.71. The second-order valence-corrected chi connectivity index (χ2v) is 5.23. The van der Waals surface area contributed by atoms with Crippen LogP contribution >= 0.6 is 0 Å². The quantitative estimate of drug-likeness (QED) is 0.206. The SMILES string of the molecule is O=C(O)C(O)C(O)C(O)C(O)CO.OC[C@H]1OC(O)[C@H](O)[C@@H](O)[C@@H]1O. The molecule has 1 aliphatic rings. The summed E-state index contributed by atoms with van der Waals surface area (Å²) in [5, 5.41) is 96.5. The van der Waals surface area contributed by atoms with E-state index in [1.165, 1.54) is 0 Å². The zero-order chi connectivity index (χ0) is 19.9. The summed E-state index contributed by atoms with van der Waals surface area (Å²) in [5.74, 6) is -1.73. The molecular weight excluding hydrogens is 352 g/mol. The third-order valence-corrected chi connectivity index (χ3v) is 3.37. The Kier molecular flexibility index (Phi) is 10.5. The van der Waals surface area contributed by atoms with Gasteiger partial charge >= 0.3 is 5.97 Å². The number of hydrogen-bond donors (Lipinski definition) is 11. The molecule has 0 saturated carbocycles. The van der Waals surface area contributed by atoms with Crippen molar-refractivity contribution in [1.29, 1.82) is 0 Å². The van der Waals surface area contributed by atoms with Crippen molar-refractivity contribution in [3.05, 3.63) is 0 Å². The van der Waals surface area contributed by atoms with Crippen molar-refractivity contribution < 1.29 is 65.7 Å². The molecule has 0 radical (unpaired) electrons. The Hall–Kier alpha value is -0.970. The first-order valence-corrected chi connectivity index (χ1v) is 7.04. The first-order chi connectivity index (χ1) is 11.5. The van der Waals surface area contributed by atoms with Crippen molar-refractivity contribution in [1.82, 2.24) is 0 Å². The summed E-state index contributed by atoms with van der Waals surface area (Å²) >= 11 is 0. The van der Waals surface area contributed by atoms with Crippen molar-refractivity contribution in [2.75, 3.05) is 13.2 Å². The fourth-order valence-corrected chi connectivity index (χ4v) is 1.75. The van der Waals surface area contributed by atoms with Crippen LogP contribution in [0.25, 0.3) is 0 Å². The van der Waals surface area contributed by atoms with Crippen LogP contribution in [-0.2, 0) is 9.53 Å². The van der Waals surface area contributed by atoms with Crippen LogP contribution in [0.3, 0.4) is 0 Å². The van der Waals surface area contributed by atoms with E-state index in [-0.39, 0.29) is 0 Å². The standard InChI is InChI=1S/C6H12O7.C6H12O6/c7-1-2(8)3(9)4(10)5(11)6(12)13;7-1-2-3(8)4(9)5(10)6(11)12-2/h2-5,7-11H,1H2,(H,12,13);2-11H,1H2/t;2-,3-,4+,5-,6?/m.1/s1. The predicted molar refractivity (Wildman–Crippen MR) is 74.7 cm³/mol. The zero-order valence-corrected chi connectivity index (χ0v) is 12.8. The average Bonchev–Trinajstić information content (AvgIpc) is 2.60. The number of carboxylic acid groups (broad SMARTS) is 1. The first-order valence-electron chi connectivity index (χ1n) is 7.04. The molecule has 1 saturated heterocycles. The van der Waals surface area contributed by atoms with Crippen LogP contribution in [0, 0.1) is 0 Å². The Balaban J connectivity index is 0.000000462. The monoisotopic (exact) mass is 376 g/mol. The van der Waals surface area contributed by atoms with E-state index in [0.717, 1.165) is 0 Å². The van der Waals surface area contributed by atoms with Gasteiger partial charge < -0.3 is 60.9 Å². The van der Waals surface area contributed by atoms with Gasteiger partial charge in [0, 0.05) is 0 Å². The summed E-state index contributed by atoms with van der Waals surface area (Å²) in [6, 6.07) is 0. The van der Waals surface area contributed by atoms with Gasteiger partial charge in [0.2, 0.25) is 0 Å². The fourth-order valence-electron chi connectivity index (χ4n) is 1.75. The van der Waals surface area contributed by atoms with Crippen molar-refractivity contribution >= 4 is 5.97 Å². The van der Waals surface area contributed by atoms with E-state index >= 15 is 0 Å². The van der Waals surface area contributed by atoms with Gasteiger partial charge in [-0.2, -0.15) is 0 Å². The van der Waals surface area contributed by atoms with E-state index in [1.54, 1.807) is 0 Å². The molecular formula is C12H24O13. The normalized spacial score (nSPS) is 34.2. The lowest BCUT2D eigenvalue weighted by atomic mass is 10.00. The summed E-state index contributed by atoms with van der Waals surface area (Å²) in [6.45, 7) is -1.37. The number of carbonyl (C=O) groups is 1. The van der Waals surface area contributed by atoms with Gasteiger partial charge in [-0.05, 0) is 0 Å². The lowest BCUT2D eigenvalue weighted by Gasteiger charge is -2.37. The first kappa shape index (κ1) is 24.0. The number of aliphatic hydroxyl groups is 10. The third-order valence-electron chi connectivity index (χ3n) is 3.37. The Morgan fingerprint density at radius 1 is 0.880 bits per heavy atom. The minimum absolute atomic E-state index is 0.526. The van der Waals surface area contributed by atoms with E-state index in [1.807, 2.05) is 0 Å². The number of aliphatic carboxylic acids is 1. The summed E-state index contributed by atoms with van der Waals surface area (Å²) in [6.07, 6.45) is -14.9. The number of ether oxygens (including phenoxy) is 1. The molecule has 150 valence electrons. The van der Waals surface area contributed by atoms with Crippen LogP contribution in [0.2, 0.25) is 0 Å². The molecule has 0 amide bonds. The second kappa shape index (κ2) is 10.9. The minimum Gasteiger partial charge on any atom is -0.479 e. The van der Waals surface area contributed by atoms with Crippen molar-refractivity contribution in [3.8, 4) is 0 Å². The van der Waals surface area contributed by atoms with E-state index in [2.05, 4.69) is 4.74 Å². The topological polar surface area (TPSA) is 249 Å². The van der Waals surface area contributed by atoms with Gasteiger partial charge in [-0.1, -0.05) is 0 Å². The van der Waals surface area contributed by atoms with Gasteiger partial charge in [0.25, 0.3) is 0 Å². The van der Waals surface area contributed by atoms with Gasteiger partial charge in [0.1, 0.15) is 42.7 Å². The fraction of sp³-hybridized carbons (Fsp3) is 0.917. The summed E-state index contributed by atoms with van der Waals surface area (Å²) in [7, 11) is 0. The molecule has 0 aromatic rings. The second-order valence-electron chi connectivity index (χ2n) is 5.23. The minimum atomic E-state index is -2.20. The van der Waals surface area contributed by atoms with Gasteiger partial charge in [-0.25, -0.2) is 4.79 Å². The molecule has 1 rings (SSSR count). The molecule has 25 heavy (non-hydrogen) atoms. The molecule has 0 aromatic heterocycles. The molecule has 0 aromatic carbocycles. The summed E-state index contributed by atoms with van der Waals surface area (Å²) in [5.41, 5.74) is 0. The van der Waals surface area contributed by atoms with Crippen LogP contribution in [0.4, 0.5) is 0 Å². The highest BCUT2D eigenvalue weighted by Crippen LogP contribution is 2.19. The summed E-state index contributed by atoms with van der Waals surface area (Å²) in [4.78, 5) is 10.1. The lowest BCUT2D eigenvalue weighted by molar-refractivity contribution is -0.286. The Morgan fingerprint density at radius 2 is 1.40 bits per heavy atom. The van der Waals surface area contributed by atoms with Crippen molar-refractivity contribution in [2.24, 2.45) is 0 Å². The van der Waals surface area contributed by atoms with E-state index in [0.29, 0.717) is 0 Å². The van der Waals surface area contributed by atoms with Gasteiger partial charge in [-0.3, -0.25) is 0 Å². The molecule has 9 atom stereocenters. The maximum absolute atomic E-state index is 10.1. The van der Waals surface area contributed by atoms with Crippen molar-refractivity contribution in [3.63, 3.8) is 0 Å². The number of rotatable bonds is 6. The molecule has 0 aliphatic carbocycles. The van der Waals surface area contributed by atoms with E-state index in [4.69, 9.17) is 56.2 Å². The van der Waals surface area contributed by atoms with Crippen LogP contribution in [0.5, 0.6) is 0 Å². The number of carboxylic acids is 1. The maximum atomic E-state index is 10.1. The highest BCUT2D eigenvalue weighted by Gasteiger charge is 2.42. The molecule has 13 nitrogen and oxygen atoms in total. The Labute approximate surface area is 141 Å². The molecule has 1 aliphatic heterocycles. The highest BCUT2D eigenvalue weighted by atomic mass is 16.6. The van der Waals surface area contributed by atoms with Crippen LogP contribution in [-0.4, -0.2) is 130 Å². The number of hydrogen-bond acceptors (Lipinski definition) is 12. The molecule has 1 heterocycles. The smallest absolute Gasteiger partial charge is 0.335 e. The van der Waals surface area contributed by atoms with Crippen molar-refractivity contribution in [2.45, 2.75) is 55.1 Å². The van der Waals surface area contributed by atoms with Gasteiger partial charge in [-0.15, -0.1) is 0 Å². The van der Waals surface area contributed by atoms with Gasteiger partial charge in [0.05, 0.1) is 13.2 Å². The zero-order valence-electron chi connectivity index (χ0n) is 12.8. The van der Waals surface area contributed by atoms with Crippen LogP contribution < -0.4 is 0 Å². The molecule has 1 fully saturated rings. The van der Waals surface area contributed by atoms with Crippen LogP contribution in [0.1, 0.15) is 0 Å². The number of aliphatic hydroxyl groups excluding tert-OH is 10. The Bertz CT molecular complexity index is 388. The molecule has 0 spiro atoms. The van der Waals surface area contributed by atoms with Crippen LogP contribution in [0.15, 0.2) is 0 Å². The largest absolute Gasteiger partial charge is 0.479 e. The lowest BCUT2D eigenvalue weighted by Crippen LogP contribution is -2.58. The summed E-state index contributed by atoms with van der Waals surface area (Å²) < 4.78 is 4.58. The maximum Gasteiger partial charge on any atom is 0.335 e. The molecule has 11 N–H and O–H groups in total. The van der Waals surface area contributed by atoms with E-state index in [9.17, 15) is 4.79 Å². The average molecular weight is 376 g/mol. The third kappa shape index (κ3) is 6.69. The van der Waals surface area contributed by atoms with Gasteiger partial charge in [0.15, 0.2) is 12.4 Å².